The van der Waals surface area contributed by atoms with Gasteiger partial charge >= 0.3 is 0 Å². The Morgan fingerprint density at radius 2 is 2.08 bits per heavy atom. The van der Waals surface area contributed by atoms with Gasteiger partial charge in [-0.05, 0) is 32.4 Å². The van der Waals surface area contributed by atoms with Crippen molar-refractivity contribution in [1.82, 2.24) is 0 Å². The highest BCUT2D eigenvalue weighted by Gasteiger charge is 1.81. The van der Waals surface area contributed by atoms with Crippen LogP contribution in [-0.4, -0.2) is 7.11 Å². The zero-order chi connectivity index (χ0) is 9.82. The second-order valence-electron chi connectivity index (χ2n) is 1.99. The largest absolute Gasteiger partial charge is 0.497 e. The second-order valence-corrected chi connectivity index (χ2v) is 1.99. The SMILES string of the molecule is C#CC.C/C=C(\C=C/CC)OC. The molecule has 12 heavy (non-hydrogen) atoms. The average Bonchev–Trinajstić information content (AvgIpc) is 2.08. The van der Waals surface area contributed by atoms with Crippen molar-refractivity contribution < 1.29 is 4.74 Å². The van der Waals surface area contributed by atoms with Gasteiger partial charge < -0.3 is 4.74 Å². The van der Waals surface area contributed by atoms with Crippen LogP contribution in [0, 0.1) is 12.3 Å². The molecular formula is C11H18O. The first kappa shape index (κ1) is 13.4. The molecule has 0 rings (SSSR count). The molecule has 0 unspecified atom stereocenters. The molecule has 68 valence electrons. The highest BCUT2D eigenvalue weighted by Crippen LogP contribution is 1.96. The van der Waals surface area contributed by atoms with Crippen LogP contribution in [0.15, 0.2) is 24.0 Å². The molecule has 0 saturated carbocycles. The molecule has 0 saturated heterocycles. The van der Waals surface area contributed by atoms with Crippen LogP contribution in [0.5, 0.6) is 0 Å². The van der Waals surface area contributed by atoms with Crippen molar-refractivity contribution in [3.8, 4) is 12.3 Å². The second kappa shape index (κ2) is 12.5. The fraction of sp³-hybridized carbons (Fsp3) is 0.455. The van der Waals surface area contributed by atoms with E-state index in [0.717, 1.165) is 12.2 Å². The van der Waals surface area contributed by atoms with Crippen molar-refractivity contribution in [3.63, 3.8) is 0 Å². The minimum Gasteiger partial charge on any atom is -0.497 e. The van der Waals surface area contributed by atoms with E-state index in [1.54, 1.807) is 14.0 Å². The standard InChI is InChI=1S/C8H14O.C3H4/c1-4-6-7-8(5-2)9-3;1-3-2/h5-7H,4H2,1-3H3;1H,2H3/b7-6-,8-5+;. The Balaban J connectivity index is 0. The van der Waals surface area contributed by atoms with Crippen molar-refractivity contribution in [3.05, 3.63) is 24.0 Å². The molecular weight excluding hydrogens is 148 g/mol. The molecule has 1 heteroatoms. The third-order valence-corrected chi connectivity index (χ3v) is 1.04. The lowest BCUT2D eigenvalue weighted by Gasteiger charge is -1.95. The average molecular weight is 166 g/mol. The Bertz CT molecular complexity index is 170. The normalized spacial score (nSPS) is 10.1. The molecule has 0 aromatic carbocycles. The number of ether oxygens (including phenoxy) is 1. The van der Waals surface area contributed by atoms with Gasteiger partial charge in [0.25, 0.3) is 0 Å². The number of terminal acetylenes is 1. The summed E-state index contributed by atoms with van der Waals surface area (Å²) in [6.45, 7) is 5.71. The molecule has 0 N–H and O–H groups in total. The molecule has 0 fully saturated rings. The minimum atomic E-state index is 0.928. The molecule has 0 heterocycles. The summed E-state index contributed by atoms with van der Waals surface area (Å²) in [4.78, 5) is 0. The zero-order valence-corrected chi connectivity index (χ0v) is 8.42. The van der Waals surface area contributed by atoms with E-state index in [-0.39, 0.29) is 0 Å². The fourth-order valence-electron chi connectivity index (χ4n) is 0.516. The molecule has 0 spiro atoms. The van der Waals surface area contributed by atoms with Gasteiger partial charge in [-0.2, -0.15) is 0 Å². The summed E-state index contributed by atoms with van der Waals surface area (Å²) in [5, 5.41) is 0. The quantitative estimate of drug-likeness (QED) is 0.355. The zero-order valence-electron chi connectivity index (χ0n) is 8.42. The molecule has 0 amide bonds. The first-order valence-corrected chi connectivity index (χ1v) is 4.00. The van der Waals surface area contributed by atoms with Crippen molar-refractivity contribution in [2.75, 3.05) is 7.11 Å². The van der Waals surface area contributed by atoms with Crippen LogP contribution < -0.4 is 0 Å². The van der Waals surface area contributed by atoms with E-state index in [4.69, 9.17) is 4.74 Å². The molecule has 0 atom stereocenters. The van der Waals surface area contributed by atoms with Crippen LogP contribution in [0.1, 0.15) is 27.2 Å². The van der Waals surface area contributed by atoms with E-state index in [9.17, 15) is 0 Å². The molecule has 0 aliphatic heterocycles. The lowest BCUT2D eigenvalue weighted by Crippen LogP contribution is -1.78. The lowest BCUT2D eigenvalue weighted by molar-refractivity contribution is 0.306. The number of rotatable bonds is 3. The highest BCUT2D eigenvalue weighted by molar-refractivity contribution is 5.10. The number of hydrogen-bond donors (Lipinski definition) is 0. The first-order chi connectivity index (χ1) is 5.76. The molecule has 0 aliphatic carbocycles. The van der Waals surface area contributed by atoms with Crippen LogP contribution in [-0.2, 0) is 4.74 Å². The monoisotopic (exact) mass is 166 g/mol. The van der Waals surface area contributed by atoms with Gasteiger partial charge in [0.1, 0.15) is 5.76 Å². The highest BCUT2D eigenvalue weighted by atomic mass is 16.5. The summed E-state index contributed by atoms with van der Waals surface area (Å²) in [6.07, 6.45) is 11.6. The van der Waals surface area contributed by atoms with Gasteiger partial charge in [-0.1, -0.05) is 13.0 Å². The molecule has 1 nitrogen and oxygen atoms in total. The van der Waals surface area contributed by atoms with Crippen molar-refractivity contribution in [2.24, 2.45) is 0 Å². The van der Waals surface area contributed by atoms with Gasteiger partial charge in [-0.3, -0.25) is 0 Å². The summed E-state index contributed by atoms with van der Waals surface area (Å²) < 4.78 is 4.98. The van der Waals surface area contributed by atoms with E-state index in [1.807, 2.05) is 19.1 Å². The van der Waals surface area contributed by atoms with Gasteiger partial charge in [0.2, 0.25) is 0 Å². The van der Waals surface area contributed by atoms with Crippen LogP contribution in [0.2, 0.25) is 0 Å². The third-order valence-electron chi connectivity index (χ3n) is 1.04. The van der Waals surface area contributed by atoms with Gasteiger partial charge in [-0.15, -0.1) is 12.3 Å². The van der Waals surface area contributed by atoms with Gasteiger partial charge in [-0.25, -0.2) is 0 Å². The van der Waals surface area contributed by atoms with Crippen molar-refractivity contribution in [1.29, 1.82) is 0 Å². The summed E-state index contributed by atoms with van der Waals surface area (Å²) in [6, 6.07) is 0. The maximum Gasteiger partial charge on any atom is 0.114 e. The van der Waals surface area contributed by atoms with E-state index in [1.165, 1.54) is 0 Å². The van der Waals surface area contributed by atoms with Crippen LogP contribution in [0.25, 0.3) is 0 Å². The van der Waals surface area contributed by atoms with Crippen molar-refractivity contribution in [2.45, 2.75) is 27.2 Å². The van der Waals surface area contributed by atoms with Crippen molar-refractivity contribution >= 4 is 0 Å². The summed E-state index contributed by atoms with van der Waals surface area (Å²) >= 11 is 0. The predicted octanol–water partition coefficient (Wildman–Crippen LogP) is 3.14. The van der Waals surface area contributed by atoms with E-state index < -0.39 is 0 Å². The summed E-state index contributed by atoms with van der Waals surface area (Å²) in [5.74, 6) is 3.18. The van der Waals surface area contributed by atoms with E-state index in [2.05, 4.69) is 25.3 Å². The van der Waals surface area contributed by atoms with Gasteiger partial charge in [0, 0.05) is 0 Å². The maximum atomic E-state index is 4.98. The summed E-state index contributed by atoms with van der Waals surface area (Å²) in [7, 11) is 1.68. The van der Waals surface area contributed by atoms with E-state index >= 15 is 0 Å². The number of methoxy groups -OCH3 is 1. The molecule has 0 aromatic rings. The third kappa shape index (κ3) is 11.6. The molecule has 0 radical (unpaired) electrons. The smallest absolute Gasteiger partial charge is 0.114 e. The molecule has 0 bridgehead atoms. The molecule has 0 aromatic heterocycles. The van der Waals surface area contributed by atoms with Gasteiger partial charge in [0.05, 0.1) is 7.11 Å². The van der Waals surface area contributed by atoms with Crippen LogP contribution >= 0.6 is 0 Å². The Morgan fingerprint density at radius 1 is 1.58 bits per heavy atom. The van der Waals surface area contributed by atoms with Gasteiger partial charge in [0.15, 0.2) is 0 Å². The number of allylic oxidation sites excluding steroid dienone is 3. The summed E-state index contributed by atoms with van der Waals surface area (Å²) in [5.41, 5.74) is 0. The Labute approximate surface area is 76.1 Å². The Kier molecular flexibility index (Phi) is 14.0. The van der Waals surface area contributed by atoms with Crippen LogP contribution in [0.3, 0.4) is 0 Å². The first-order valence-electron chi connectivity index (χ1n) is 4.00. The van der Waals surface area contributed by atoms with Crippen LogP contribution in [0.4, 0.5) is 0 Å². The Morgan fingerprint density at radius 3 is 2.33 bits per heavy atom. The number of hydrogen-bond acceptors (Lipinski definition) is 1. The Hall–Kier alpha value is -1.16. The lowest BCUT2D eigenvalue weighted by atomic mass is 10.3. The fourth-order valence-corrected chi connectivity index (χ4v) is 0.516. The topological polar surface area (TPSA) is 9.23 Å². The maximum absolute atomic E-state index is 4.98. The minimum absolute atomic E-state index is 0.928. The predicted molar refractivity (Wildman–Crippen MR) is 54.7 cm³/mol. The van der Waals surface area contributed by atoms with E-state index in [0.29, 0.717) is 0 Å². The molecule has 0 aliphatic rings.